The molecule has 5 atom stereocenters. The molecule has 2 aromatic rings. The summed E-state index contributed by atoms with van der Waals surface area (Å²) < 4.78 is 62.6. The fourth-order valence-corrected chi connectivity index (χ4v) is 4.66. The number of aliphatic hydroxyl groups excluding tert-OH is 3. The lowest BCUT2D eigenvalue weighted by Gasteiger charge is -2.28. The molecule has 0 amide bonds. The molecule has 1 saturated heterocycles. The largest absolute Gasteiger partial charge is 0.530 e. The Bertz CT molecular complexity index is 1260. The van der Waals surface area contributed by atoms with E-state index in [0.29, 0.717) is 10.1 Å². The smallest absolute Gasteiger partial charge is 0.493 e. The number of hydrogen-bond acceptors (Lipinski definition) is 11. The Kier molecular flexibility index (Phi) is 6.09. The van der Waals surface area contributed by atoms with Crippen molar-refractivity contribution in [2.45, 2.75) is 37.5 Å². The summed E-state index contributed by atoms with van der Waals surface area (Å²) in [5, 5.41) is 30.1. The Balaban J connectivity index is 1.59. The van der Waals surface area contributed by atoms with E-state index < -0.39 is 51.0 Å². The number of methoxy groups -OCH3 is 1. The number of hydrogen-bond donors (Lipinski definition) is 4. The summed E-state index contributed by atoms with van der Waals surface area (Å²) in [5.41, 5.74) is -0.619. The fraction of sp³-hybridized carbons (Fsp3) is 0.444. The third-order valence-corrected chi connectivity index (χ3v) is 6.63. The first-order valence-corrected chi connectivity index (χ1v) is 11.3. The quantitative estimate of drug-likeness (QED) is 0.327. The van der Waals surface area contributed by atoms with Gasteiger partial charge in [0.2, 0.25) is 0 Å². The van der Waals surface area contributed by atoms with E-state index in [4.69, 9.17) is 36.6 Å². The Hall–Kier alpha value is -2.16. The van der Waals surface area contributed by atoms with Crippen molar-refractivity contribution in [1.82, 2.24) is 9.55 Å². The molecule has 4 rings (SSSR count). The number of alkyl halides is 1. The molecule has 2 aliphatic heterocycles. The van der Waals surface area contributed by atoms with Crippen LogP contribution in [-0.4, -0.2) is 56.7 Å². The number of fused-ring (bicyclic) bond motifs is 1. The van der Waals surface area contributed by atoms with Gasteiger partial charge in [0.25, 0.3) is 5.85 Å². The van der Waals surface area contributed by atoms with Gasteiger partial charge in [-0.05, 0) is 6.07 Å². The van der Waals surface area contributed by atoms with E-state index in [0.717, 1.165) is 6.20 Å². The normalized spacial score (nSPS) is 33.8. The molecule has 1 aromatic carbocycles. The van der Waals surface area contributed by atoms with Crippen molar-refractivity contribution in [3.8, 4) is 11.5 Å². The van der Waals surface area contributed by atoms with Gasteiger partial charge in [0, 0.05) is 17.3 Å². The van der Waals surface area contributed by atoms with E-state index >= 15 is 4.39 Å². The van der Waals surface area contributed by atoms with Crippen LogP contribution in [-0.2, 0) is 31.6 Å². The first-order valence-electron chi connectivity index (χ1n) is 9.92. The number of nitrogens with zero attached hydrogens (tertiary/aromatic N) is 1. The summed E-state index contributed by atoms with van der Waals surface area (Å²) in [6, 6.07) is 4.80. The first kappa shape index (κ1) is 22.6. The minimum Gasteiger partial charge on any atom is -0.493 e. The molecule has 0 bridgehead atoms. The standard InChI is InChI=1S/C18H20FN2O10PS/c1-27-11-4-2-3-9-7-28-32(26,31-13(9)11)29-8-18(19)14(24)12(23)16(30-18)21-5-10(6-22)15(33)20-17(21)25/h2-5,12,14,16,22-24H,6-8H2,1H3,(H,20,25,33)/t12-,14+,16-,18-,32?/m1/s1/i16D. The van der Waals surface area contributed by atoms with Crippen molar-refractivity contribution in [2.24, 2.45) is 0 Å². The Morgan fingerprint density at radius 3 is 2.94 bits per heavy atom. The fourth-order valence-electron chi connectivity index (χ4n) is 3.22. The van der Waals surface area contributed by atoms with Gasteiger partial charge in [-0.2, -0.15) is 0 Å². The molecule has 0 aliphatic carbocycles. The molecule has 0 saturated carbocycles. The maximum absolute atomic E-state index is 15.6. The Morgan fingerprint density at radius 2 is 2.24 bits per heavy atom. The van der Waals surface area contributed by atoms with Crippen LogP contribution in [0.3, 0.4) is 0 Å². The number of H-pyrrole nitrogens is 1. The minimum atomic E-state index is -4.45. The van der Waals surface area contributed by atoms with Crippen molar-refractivity contribution in [1.29, 1.82) is 0 Å². The predicted molar refractivity (Wildman–Crippen MR) is 110 cm³/mol. The molecule has 0 spiro atoms. The number of nitrogens with one attached hydrogen (secondary N) is 1. The van der Waals surface area contributed by atoms with Crippen LogP contribution < -0.4 is 15.0 Å². The Labute approximate surface area is 192 Å². The lowest BCUT2D eigenvalue weighted by Crippen LogP contribution is -2.43. The highest BCUT2D eigenvalue weighted by atomic mass is 32.1. The van der Waals surface area contributed by atoms with Gasteiger partial charge >= 0.3 is 13.5 Å². The number of phosphoric acid groups is 1. The first-order chi connectivity index (χ1) is 16.0. The van der Waals surface area contributed by atoms with E-state index in [1.54, 1.807) is 12.1 Å². The Morgan fingerprint density at radius 1 is 1.48 bits per heavy atom. The summed E-state index contributed by atoms with van der Waals surface area (Å²) >= 11 is 4.87. The number of rotatable bonds is 6. The minimum absolute atomic E-state index is 0.0276. The van der Waals surface area contributed by atoms with Crippen molar-refractivity contribution < 1.29 is 48.7 Å². The topological polar surface area (TPSA) is 162 Å². The average molecular weight is 507 g/mol. The van der Waals surface area contributed by atoms with E-state index in [1.807, 2.05) is 0 Å². The van der Waals surface area contributed by atoms with Gasteiger partial charge in [-0.25, -0.2) is 13.8 Å². The zero-order chi connectivity index (χ0) is 24.9. The van der Waals surface area contributed by atoms with Crippen LogP contribution in [0.2, 0.25) is 0 Å². The van der Waals surface area contributed by atoms with Crippen molar-refractivity contribution in [3.05, 3.63) is 50.6 Å². The lowest BCUT2D eigenvalue weighted by molar-refractivity contribution is -0.205. The zero-order valence-corrected chi connectivity index (χ0v) is 18.7. The van der Waals surface area contributed by atoms with E-state index in [1.165, 1.54) is 13.2 Å². The molecule has 1 aromatic heterocycles. The number of phosphoric ester groups is 1. The number of aromatic nitrogens is 2. The van der Waals surface area contributed by atoms with Crippen LogP contribution in [0.1, 0.15) is 18.7 Å². The summed E-state index contributed by atoms with van der Waals surface area (Å²) in [5.74, 6) is -3.05. The SMILES string of the molecule is [2H][C@@]1(n2cc(CO)c(=S)[nH]c2=O)O[C@](F)(COP2(=O)OCc3cccc(OC)c3O2)[C@@H](O)[C@H]1O. The number of halogens is 1. The van der Waals surface area contributed by atoms with Crippen LogP contribution in [0.15, 0.2) is 29.2 Å². The second-order valence-corrected chi connectivity index (χ2v) is 9.09. The van der Waals surface area contributed by atoms with Crippen LogP contribution in [0.5, 0.6) is 11.5 Å². The van der Waals surface area contributed by atoms with Gasteiger partial charge in [-0.15, -0.1) is 0 Å². The summed E-state index contributed by atoms with van der Waals surface area (Å²) in [6.07, 6.45) is -6.76. The maximum Gasteiger partial charge on any atom is 0.530 e. The monoisotopic (exact) mass is 507 g/mol. The van der Waals surface area contributed by atoms with E-state index in [2.05, 4.69) is 4.98 Å². The van der Waals surface area contributed by atoms with Gasteiger partial charge < -0.3 is 29.3 Å². The highest BCUT2D eigenvalue weighted by Crippen LogP contribution is 2.57. The molecule has 2 aliphatic rings. The van der Waals surface area contributed by atoms with Crippen LogP contribution in [0, 0.1) is 4.64 Å². The molecule has 0 radical (unpaired) electrons. The van der Waals surface area contributed by atoms with Gasteiger partial charge in [0.15, 0.2) is 17.7 Å². The number of aliphatic hydroxyl groups is 3. The molecule has 180 valence electrons. The number of ether oxygens (including phenoxy) is 2. The van der Waals surface area contributed by atoms with Gasteiger partial charge in [-0.1, -0.05) is 24.4 Å². The molecule has 1 unspecified atom stereocenters. The third kappa shape index (κ3) is 4.36. The van der Waals surface area contributed by atoms with Gasteiger partial charge in [-0.3, -0.25) is 18.6 Å². The molecular formula is C18H20FN2O10PS. The molecule has 33 heavy (non-hydrogen) atoms. The number of para-hydroxylation sites is 1. The molecule has 1 fully saturated rings. The second kappa shape index (κ2) is 8.89. The molecule has 3 heterocycles. The maximum atomic E-state index is 15.6. The van der Waals surface area contributed by atoms with Crippen LogP contribution >= 0.6 is 20.0 Å². The van der Waals surface area contributed by atoms with Crippen LogP contribution in [0.4, 0.5) is 4.39 Å². The van der Waals surface area contributed by atoms with Crippen LogP contribution in [0.25, 0.3) is 0 Å². The van der Waals surface area contributed by atoms with E-state index in [9.17, 15) is 24.7 Å². The summed E-state index contributed by atoms with van der Waals surface area (Å²) in [6.45, 7) is -2.17. The molecule has 15 heteroatoms. The van der Waals surface area contributed by atoms with Gasteiger partial charge in [0.1, 0.15) is 23.5 Å². The van der Waals surface area contributed by atoms with Gasteiger partial charge in [0.05, 0.1) is 21.7 Å². The average Bonchev–Trinajstić information content (AvgIpc) is 2.98. The lowest BCUT2D eigenvalue weighted by atomic mass is 10.1. The molecular weight excluding hydrogens is 486 g/mol. The van der Waals surface area contributed by atoms with Crippen molar-refractivity contribution in [2.75, 3.05) is 13.7 Å². The highest BCUT2D eigenvalue weighted by Gasteiger charge is 2.57. The predicted octanol–water partition coefficient (Wildman–Crippen LogP) is 1.06. The number of benzene rings is 1. The number of aromatic amines is 1. The molecule has 12 nitrogen and oxygen atoms in total. The zero-order valence-electron chi connectivity index (χ0n) is 18.0. The summed E-state index contributed by atoms with van der Waals surface area (Å²) in [4.78, 5) is 14.5. The third-order valence-electron chi connectivity index (χ3n) is 4.97. The van der Waals surface area contributed by atoms with E-state index in [-0.39, 0.29) is 28.3 Å². The second-order valence-electron chi connectivity index (χ2n) is 7.09. The highest BCUT2D eigenvalue weighted by molar-refractivity contribution is 7.71. The summed E-state index contributed by atoms with van der Waals surface area (Å²) in [7, 11) is -3.09. The van der Waals surface area contributed by atoms with Crippen molar-refractivity contribution >= 4 is 20.0 Å². The molecule has 4 N–H and O–H groups in total. The van der Waals surface area contributed by atoms with Crippen molar-refractivity contribution in [3.63, 3.8) is 0 Å².